The Balaban J connectivity index is 2.61. The normalized spacial score (nSPS) is 10.4. The molecule has 0 aliphatic carbocycles. The SMILES string of the molecule is Cc1nnc(-c2c(C)ncnc2N)o1. The Bertz CT molecular complexity index is 444. The van der Waals surface area contributed by atoms with Gasteiger partial charge in [0.2, 0.25) is 5.89 Å². The minimum absolute atomic E-state index is 0.348. The fourth-order valence-corrected chi connectivity index (χ4v) is 1.15. The fourth-order valence-electron chi connectivity index (χ4n) is 1.15. The molecular weight excluding hydrogens is 182 g/mol. The maximum Gasteiger partial charge on any atom is 0.253 e. The van der Waals surface area contributed by atoms with Gasteiger partial charge < -0.3 is 10.2 Å². The van der Waals surface area contributed by atoms with Crippen LogP contribution in [0.1, 0.15) is 11.6 Å². The Kier molecular flexibility index (Phi) is 1.88. The van der Waals surface area contributed by atoms with E-state index >= 15 is 0 Å². The van der Waals surface area contributed by atoms with Gasteiger partial charge in [0, 0.05) is 6.92 Å². The van der Waals surface area contributed by atoms with E-state index in [4.69, 9.17) is 10.2 Å². The first-order valence-electron chi connectivity index (χ1n) is 4.06. The van der Waals surface area contributed by atoms with Crippen molar-refractivity contribution >= 4 is 5.82 Å². The van der Waals surface area contributed by atoms with E-state index in [0.29, 0.717) is 23.2 Å². The van der Waals surface area contributed by atoms with Gasteiger partial charge in [-0.3, -0.25) is 0 Å². The zero-order valence-electron chi connectivity index (χ0n) is 7.85. The predicted octanol–water partition coefficient (Wildman–Crippen LogP) is 0.726. The third-order valence-corrected chi connectivity index (χ3v) is 1.81. The highest BCUT2D eigenvalue weighted by atomic mass is 16.4. The number of rotatable bonds is 1. The molecule has 0 aromatic carbocycles. The molecule has 0 saturated carbocycles. The maximum absolute atomic E-state index is 5.68. The van der Waals surface area contributed by atoms with Gasteiger partial charge in [-0.2, -0.15) is 0 Å². The lowest BCUT2D eigenvalue weighted by molar-refractivity contribution is 0.532. The van der Waals surface area contributed by atoms with E-state index < -0.39 is 0 Å². The summed E-state index contributed by atoms with van der Waals surface area (Å²) in [5.74, 6) is 1.20. The molecule has 0 aliphatic rings. The van der Waals surface area contributed by atoms with E-state index in [1.807, 2.05) is 6.92 Å². The lowest BCUT2D eigenvalue weighted by atomic mass is 10.2. The van der Waals surface area contributed by atoms with Crippen LogP contribution in [0.3, 0.4) is 0 Å². The minimum Gasteiger partial charge on any atom is -0.421 e. The summed E-state index contributed by atoms with van der Waals surface area (Å²) in [6.45, 7) is 3.53. The Morgan fingerprint density at radius 1 is 1.21 bits per heavy atom. The fraction of sp³-hybridized carbons (Fsp3) is 0.250. The van der Waals surface area contributed by atoms with Crippen LogP contribution in [-0.2, 0) is 0 Å². The second-order valence-corrected chi connectivity index (χ2v) is 2.85. The second-order valence-electron chi connectivity index (χ2n) is 2.85. The Morgan fingerprint density at radius 2 is 2.00 bits per heavy atom. The standard InChI is InChI=1S/C8H9N5O/c1-4-6(7(9)11-3-10-4)8-13-12-5(2)14-8/h3H,1-2H3,(H2,9,10,11). The van der Waals surface area contributed by atoms with E-state index in [9.17, 15) is 0 Å². The number of hydrogen-bond acceptors (Lipinski definition) is 6. The molecule has 0 radical (unpaired) electrons. The molecule has 6 nitrogen and oxygen atoms in total. The van der Waals surface area contributed by atoms with Gasteiger partial charge in [0.25, 0.3) is 5.89 Å². The van der Waals surface area contributed by atoms with Crippen LogP contribution in [-0.4, -0.2) is 20.2 Å². The van der Waals surface area contributed by atoms with Gasteiger partial charge >= 0.3 is 0 Å². The summed E-state index contributed by atoms with van der Waals surface area (Å²) in [5, 5.41) is 7.58. The molecule has 2 N–H and O–H groups in total. The number of hydrogen-bond donors (Lipinski definition) is 1. The maximum atomic E-state index is 5.68. The zero-order valence-corrected chi connectivity index (χ0v) is 7.85. The highest BCUT2D eigenvalue weighted by molar-refractivity contribution is 5.68. The number of aryl methyl sites for hydroxylation is 2. The van der Waals surface area contributed by atoms with Crippen LogP contribution in [0.25, 0.3) is 11.5 Å². The summed E-state index contributed by atoms with van der Waals surface area (Å²) in [6, 6.07) is 0. The number of anilines is 1. The molecular formula is C8H9N5O. The van der Waals surface area contributed by atoms with Gasteiger partial charge in [-0.15, -0.1) is 10.2 Å². The highest BCUT2D eigenvalue weighted by Gasteiger charge is 2.14. The average Bonchev–Trinajstić information content (AvgIpc) is 2.51. The van der Waals surface area contributed by atoms with Crippen LogP contribution in [0.4, 0.5) is 5.82 Å². The van der Waals surface area contributed by atoms with E-state index in [1.165, 1.54) is 6.33 Å². The van der Waals surface area contributed by atoms with Crippen LogP contribution in [0, 0.1) is 13.8 Å². The van der Waals surface area contributed by atoms with Gasteiger partial charge in [-0.25, -0.2) is 9.97 Å². The average molecular weight is 191 g/mol. The molecule has 0 bridgehead atoms. The summed E-state index contributed by atoms with van der Waals surface area (Å²) in [7, 11) is 0. The summed E-state index contributed by atoms with van der Waals surface area (Å²) < 4.78 is 5.25. The Labute approximate surface area is 80.2 Å². The minimum atomic E-state index is 0.348. The van der Waals surface area contributed by atoms with E-state index in [0.717, 1.165) is 5.69 Å². The summed E-state index contributed by atoms with van der Waals surface area (Å²) in [5.41, 5.74) is 7.01. The summed E-state index contributed by atoms with van der Waals surface area (Å²) >= 11 is 0. The zero-order chi connectivity index (χ0) is 10.1. The van der Waals surface area contributed by atoms with Gasteiger partial charge in [0.1, 0.15) is 17.7 Å². The van der Waals surface area contributed by atoms with E-state index in [2.05, 4.69) is 20.2 Å². The molecule has 0 fully saturated rings. The smallest absolute Gasteiger partial charge is 0.253 e. The number of nitrogens with two attached hydrogens (primary N) is 1. The van der Waals surface area contributed by atoms with Crippen molar-refractivity contribution in [3.8, 4) is 11.5 Å². The van der Waals surface area contributed by atoms with Gasteiger partial charge in [-0.1, -0.05) is 0 Å². The Morgan fingerprint density at radius 3 is 2.57 bits per heavy atom. The van der Waals surface area contributed by atoms with Crippen molar-refractivity contribution < 1.29 is 4.42 Å². The molecule has 0 saturated heterocycles. The number of nitrogen functional groups attached to an aromatic ring is 1. The second kappa shape index (κ2) is 3.06. The largest absolute Gasteiger partial charge is 0.421 e. The van der Waals surface area contributed by atoms with Gasteiger partial charge in [-0.05, 0) is 6.92 Å². The van der Waals surface area contributed by atoms with Gasteiger partial charge in [0.05, 0.1) is 5.69 Å². The van der Waals surface area contributed by atoms with Crippen molar-refractivity contribution in [3.05, 3.63) is 17.9 Å². The monoisotopic (exact) mass is 191 g/mol. The molecule has 2 aromatic heterocycles. The highest BCUT2D eigenvalue weighted by Crippen LogP contribution is 2.24. The topological polar surface area (TPSA) is 90.7 Å². The van der Waals surface area contributed by atoms with Crippen molar-refractivity contribution in [2.24, 2.45) is 0 Å². The summed E-state index contributed by atoms with van der Waals surface area (Å²) in [6.07, 6.45) is 1.40. The number of nitrogens with zero attached hydrogens (tertiary/aromatic N) is 4. The van der Waals surface area contributed by atoms with Crippen LogP contribution in [0.2, 0.25) is 0 Å². The van der Waals surface area contributed by atoms with Crippen molar-refractivity contribution in [1.29, 1.82) is 0 Å². The summed E-state index contributed by atoms with van der Waals surface area (Å²) in [4.78, 5) is 7.87. The molecule has 0 unspecified atom stereocenters. The van der Waals surface area contributed by atoms with Crippen molar-refractivity contribution in [2.45, 2.75) is 13.8 Å². The van der Waals surface area contributed by atoms with Crippen molar-refractivity contribution in [2.75, 3.05) is 5.73 Å². The van der Waals surface area contributed by atoms with E-state index in [-0.39, 0.29) is 0 Å². The predicted molar refractivity (Wildman–Crippen MR) is 49.2 cm³/mol. The van der Waals surface area contributed by atoms with Crippen LogP contribution >= 0.6 is 0 Å². The molecule has 0 atom stereocenters. The molecule has 72 valence electrons. The molecule has 2 aromatic rings. The quantitative estimate of drug-likeness (QED) is 0.714. The molecule has 0 spiro atoms. The lowest BCUT2D eigenvalue weighted by Crippen LogP contribution is -1.98. The Hall–Kier alpha value is -1.98. The first-order valence-corrected chi connectivity index (χ1v) is 4.06. The molecule has 14 heavy (non-hydrogen) atoms. The molecule has 0 amide bonds. The van der Waals surface area contributed by atoms with Crippen LogP contribution in [0.15, 0.2) is 10.7 Å². The first-order chi connectivity index (χ1) is 6.68. The molecule has 0 aliphatic heterocycles. The first kappa shape index (κ1) is 8.61. The lowest BCUT2D eigenvalue weighted by Gasteiger charge is -2.01. The molecule has 2 rings (SSSR count). The van der Waals surface area contributed by atoms with Crippen molar-refractivity contribution in [3.63, 3.8) is 0 Å². The molecule has 2 heterocycles. The van der Waals surface area contributed by atoms with Crippen LogP contribution in [0.5, 0.6) is 0 Å². The third kappa shape index (κ3) is 1.30. The number of aromatic nitrogens is 4. The van der Waals surface area contributed by atoms with Gasteiger partial charge in [0.15, 0.2) is 0 Å². The van der Waals surface area contributed by atoms with Crippen molar-refractivity contribution in [1.82, 2.24) is 20.2 Å². The van der Waals surface area contributed by atoms with E-state index in [1.54, 1.807) is 6.92 Å². The third-order valence-electron chi connectivity index (χ3n) is 1.81. The molecule has 6 heteroatoms. The van der Waals surface area contributed by atoms with Crippen LogP contribution < -0.4 is 5.73 Å².